The zero-order chi connectivity index (χ0) is 16.3. The number of carbonyl (C=O) groups excluding carboxylic acids is 1. The van der Waals surface area contributed by atoms with Gasteiger partial charge >= 0.3 is 0 Å². The summed E-state index contributed by atoms with van der Waals surface area (Å²) in [6, 6.07) is 4.62. The topological polar surface area (TPSA) is 92.7 Å². The van der Waals surface area contributed by atoms with Gasteiger partial charge in [-0.1, -0.05) is 0 Å². The second-order valence-corrected chi connectivity index (χ2v) is 3.82. The summed E-state index contributed by atoms with van der Waals surface area (Å²) in [6.45, 7) is 1.05. The van der Waals surface area contributed by atoms with Crippen LogP contribution in [0.2, 0.25) is 0 Å². The molecule has 2 rings (SSSR count). The Bertz CT molecular complexity index is 666. The summed E-state index contributed by atoms with van der Waals surface area (Å²) in [4.78, 5) is 20.0. The highest BCUT2D eigenvalue weighted by atomic mass is 16.1. The fourth-order valence-corrected chi connectivity index (χ4v) is 1.50. The minimum Gasteiger partial charge on any atom is -0.354 e. The SMILES string of the molecule is [2H]C([2H])([2H])NC(=O)c1ccc(Nc2cc(C)nc(C)n2)nn1. The van der Waals surface area contributed by atoms with E-state index in [1.807, 2.05) is 12.2 Å². The van der Waals surface area contributed by atoms with Gasteiger partial charge in [0.15, 0.2) is 11.5 Å². The molecule has 0 atom stereocenters. The van der Waals surface area contributed by atoms with E-state index in [-0.39, 0.29) is 5.69 Å². The van der Waals surface area contributed by atoms with Gasteiger partial charge in [-0.3, -0.25) is 4.79 Å². The highest BCUT2D eigenvalue weighted by molar-refractivity contribution is 5.91. The molecule has 0 aliphatic heterocycles. The molecule has 7 nitrogen and oxygen atoms in total. The molecule has 0 aromatic carbocycles. The maximum Gasteiger partial charge on any atom is 0.271 e. The predicted molar refractivity (Wildman–Crippen MR) is 70.2 cm³/mol. The molecule has 0 bridgehead atoms. The van der Waals surface area contributed by atoms with Gasteiger partial charge in [0.1, 0.15) is 11.6 Å². The largest absolute Gasteiger partial charge is 0.354 e. The summed E-state index contributed by atoms with van der Waals surface area (Å²) in [6.07, 6.45) is 0. The molecule has 2 N–H and O–H groups in total. The molecular formula is C12H14N6O. The summed E-state index contributed by atoms with van der Waals surface area (Å²) < 4.78 is 20.9. The van der Waals surface area contributed by atoms with Crippen LogP contribution in [0.15, 0.2) is 18.2 Å². The van der Waals surface area contributed by atoms with E-state index in [1.165, 1.54) is 12.1 Å². The van der Waals surface area contributed by atoms with Crippen molar-refractivity contribution in [1.82, 2.24) is 25.5 Å². The smallest absolute Gasteiger partial charge is 0.271 e. The van der Waals surface area contributed by atoms with Crippen molar-refractivity contribution in [2.24, 2.45) is 0 Å². The van der Waals surface area contributed by atoms with Gasteiger partial charge in [0, 0.05) is 22.8 Å². The van der Waals surface area contributed by atoms with Crippen molar-refractivity contribution in [3.05, 3.63) is 35.4 Å². The number of carbonyl (C=O) groups is 1. The number of aromatic nitrogens is 4. The van der Waals surface area contributed by atoms with Crippen LogP contribution in [-0.2, 0) is 0 Å². The number of anilines is 2. The van der Waals surface area contributed by atoms with Gasteiger partial charge in [0.05, 0.1) is 0 Å². The van der Waals surface area contributed by atoms with Crippen molar-refractivity contribution < 1.29 is 8.91 Å². The number of nitrogens with one attached hydrogen (secondary N) is 2. The first-order chi connectivity index (χ1) is 10.2. The molecule has 0 saturated carbocycles. The molecule has 0 spiro atoms. The first-order valence-corrected chi connectivity index (χ1v) is 5.48. The van der Waals surface area contributed by atoms with Gasteiger partial charge in [-0.2, -0.15) is 0 Å². The van der Waals surface area contributed by atoms with Gasteiger partial charge in [0.2, 0.25) is 0 Å². The summed E-state index contributed by atoms with van der Waals surface area (Å²) in [5.74, 6) is 0.735. The molecule has 0 fully saturated rings. The maximum atomic E-state index is 11.6. The van der Waals surface area contributed by atoms with E-state index in [9.17, 15) is 4.79 Å². The standard InChI is InChI=1S/C12H14N6O/c1-7-6-11(15-8(2)14-7)16-10-5-4-9(17-18-10)12(19)13-3/h4-6H,1-3H3,(H,13,19)(H,14,15,16,18)/i3D3. The summed E-state index contributed by atoms with van der Waals surface area (Å²) in [7, 11) is 0. The molecule has 7 heteroatoms. The van der Waals surface area contributed by atoms with Gasteiger partial charge in [-0.05, 0) is 26.0 Å². The van der Waals surface area contributed by atoms with E-state index in [0.29, 0.717) is 17.5 Å². The molecule has 0 unspecified atom stereocenters. The zero-order valence-electron chi connectivity index (χ0n) is 13.4. The summed E-state index contributed by atoms with van der Waals surface area (Å²) >= 11 is 0. The average Bonchev–Trinajstić information content (AvgIpc) is 2.36. The molecule has 0 radical (unpaired) electrons. The minimum absolute atomic E-state index is 0.0864. The molecule has 19 heavy (non-hydrogen) atoms. The van der Waals surface area contributed by atoms with Crippen molar-refractivity contribution in [1.29, 1.82) is 0 Å². The second kappa shape index (κ2) is 5.38. The van der Waals surface area contributed by atoms with E-state index in [0.717, 1.165) is 5.69 Å². The Morgan fingerprint density at radius 1 is 1.21 bits per heavy atom. The lowest BCUT2D eigenvalue weighted by Crippen LogP contribution is -2.19. The molecule has 0 aliphatic rings. The van der Waals surface area contributed by atoms with Crippen molar-refractivity contribution in [2.75, 3.05) is 12.3 Å². The molecule has 1 amide bonds. The number of amides is 1. The molecule has 98 valence electrons. The molecule has 0 saturated heterocycles. The van der Waals surface area contributed by atoms with E-state index in [1.54, 1.807) is 13.0 Å². The fraction of sp³-hybridized carbons (Fsp3) is 0.250. The Hall–Kier alpha value is -2.57. The third-order valence-electron chi connectivity index (χ3n) is 2.23. The molecule has 2 aromatic heterocycles. The number of aryl methyl sites for hydroxylation is 2. The highest BCUT2D eigenvalue weighted by Crippen LogP contribution is 2.12. The third-order valence-corrected chi connectivity index (χ3v) is 2.23. The van der Waals surface area contributed by atoms with Gasteiger partial charge in [0.25, 0.3) is 5.91 Å². The highest BCUT2D eigenvalue weighted by Gasteiger charge is 2.06. The normalized spacial score (nSPS) is 13.1. The Kier molecular flexibility index (Phi) is 2.66. The lowest BCUT2D eigenvalue weighted by Gasteiger charge is -2.06. The van der Waals surface area contributed by atoms with E-state index >= 15 is 0 Å². The Labute approximate surface area is 114 Å². The monoisotopic (exact) mass is 261 g/mol. The van der Waals surface area contributed by atoms with E-state index in [4.69, 9.17) is 4.11 Å². The van der Waals surface area contributed by atoms with E-state index in [2.05, 4.69) is 25.5 Å². The van der Waals surface area contributed by atoms with Crippen LogP contribution in [0, 0.1) is 13.8 Å². The van der Waals surface area contributed by atoms with Crippen LogP contribution in [0.25, 0.3) is 0 Å². The Morgan fingerprint density at radius 3 is 2.68 bits per heavy atom. The van der Waals surface area contributed by atoms with Crippen LogP contribution in [-0.4, -0.2) is 33.0 Å². The van der Waals surface area contributed by atoms with Crippen LogP contribution in [0.1, 0.15) is 26.1 Å². The Morgan fingerprint density at radius 2 is 2.05 bits per heavy atom. The number of hydrogen-bond acceptors (Lipinski definition) is 6. The molecular weight excluding hydrogens is 244 g/mol. The van der Waals surface area contributed by atoms with Crippen LogP contribution >= 0.6 is 0 Å². The first-order valence-electron chi connectivity index (χ1n) is 6.98. The lowest BCUT2D eigenvalue weighted by atomic mass is 10.3. The number of nitrogens with zero attached hydrogens (tertiary/aromatic N) is 4. The van der Waals surface area contributed by atoms with Crippen LogP contribution in [0.3, 0.4) is 0 Å². The van der Waals surface area contributed by atoms with Crippen LogP contribution in [0.5, 0.6) is 0 Å². The van der Waals surface area contributed by atoms with Crippen molar-refractivity contribution in [3.63, 3.8) is 0 Å². The van der Waals surface area contributed by atoms with Crippen molar-refractivity contribution in [2.45, 2.75) is 13.8 Å². The Balaban J connectivity index is 2.10. The minimum atomic E-state index is -2.56. The van der Waals surface area contributed by atoms with Gasteiger partial charge in [-0.15, -0.1) is 10.2 Å². The maximum absolute atomic E-state index is 11.6. The fourth-order valence-electron chi connectivity index (χ4n) is 1.50. The van der Waals surface area contributed by atoms with Crippen molar-refractivity contribution >= 4 is 17.5 Å². The van der Waals surface area contributed by atoms with Gasteiger partial charge < -0.3 is 10.6 Å². The number of hydrogen-bond donors (Lipinski definition) is 2. The predicted octanol–water partition coefficient (Wildman–Crippen LogP) is 0.987. The summed E-state index contributed by atoms with van der Waals surface area (Å²) in [5.41, 5.74) is 0.716. The zero-order valence-corrected chi connectivity index (χ0v) is 10.4. The van der Waals surface area contributed by atoms with Crippen LogP contribution < -0.4 is 10.6 Å². The first kappa shape index (κ1) is 9.37. The van der Waals surface area contributed by atoms with Gasteiger partial charge in [-0.25, -0.2) is 9.97 Å². The van der Waals surface area contributed by atoms with Crippen LogP contribution in [0.4, 0.5) is 11.6 Å². The summed E-state index contributed by atoms with van der Waals surface area (Å²) in [5, 5.41) is 12.3. The van der Waals surface area contributed by atoms with E-state index < -0.39 is 12.9 Å². The molecule has 2 aromatic rings. The molecule has 2 heterocycles. The van der Waals surface area contributed by atoms with Crippen molar-refractivity contribution in [3.8, 4) is 0 Å². The lowest BCUT2D eigenvalue weighted by molar-refractivity contribution is 0.0957. The quantitative estimate of drug-likeness (QED) is 0.855. The number of rotatable bonds is 3. The third kappa shape index (κ3) is 3.21. The molecule has 0 aliphatic carbocycles. The average molecular weight is 261 g/mol. The second-order valence-electron chi connectivity index (χ2n) is 3.82.